The van der Waals surface area contributed by atoms with Gasteiger partial charge in [0, 0.05) is 32.6 Å². The second kappa shape index (κ2) is 21.0. The lowest BCUT2D eigenvalue weighted by Crippen LogP contribution is -2.53. The minimum Gasteiger partial charge on any atom is -0.493 e. The molecule has 0 saturated carbocycles. The molecule has 0 aliphatic heterocycles. The van der Waals surface area contributed by atoms with Crippen LogP contribution in [0.4, 0.5) is 0 Å². The van der Waals surface area contributed by atoms with Crippen LogP contribution in [0, 0.1) is 31.6 Å². The molecule has 0 heterocycles. The number of hydrogen-bond donors (Lipinski definition) is 4. The first-order valence-corrected chi connectivity index (χ1v) is 16.8. The maximum absolute atomic E-state index is 13.6. The number of hydrogen-bond acceptors (Lipinski definition) is 7. The van der Waals surface area contributed by atoms with Crippen molar-refractivity contribution in [2.75, 3.05) is 33.5 Å². The highest BCUT2D eigenvalue weighted by Gasteiger charge is 2.33. The van der Waals surface area contributed by atoms with E-state index in [1.54, 1.807) is 7.11 Å². The van der Waals surface area contributed by atoms with Gasteiger partial charge in [0.1, 0.15) is 11.8 Å². The van der Waals surface area contributed by atoms with E-state index in [1.807, 2.05) is 90.9 Å². The van der Waals surface area contributed by atoms with E-state index in [4.69, 9.17) is 14.2 Å². The number of amides is 2. The average Bonchev–Trinajstić information content (AvgIpc) is 3.04. The van der Waals surface area contributed by atoms with Crippen LogP contribution in [-0.4, -0.2) is 68.6 Å². The van der Waals surface area contributed by atoms with E-state index in [9.17, 15) is 14.7 Å². The molecule has 0 spiro atoms. The predicted octanol–water partition coefficient (Wildman–Crippen LogP) is 5.08. The van der Waals surface area contributed by atoms with Crippen molar-refractivity contribution in [3.63, 3.8) is 0 Å². The Bertz CT molecular complexity index is 1170. The van der Waals surface area contributed by atoms with Gasteiger partial charge in [0.2, 0.25) is 11.8 Å². The van der Waals surface area contributed by atoms with E-state index >= 15 is 0 Å². The van der Waals surface area contributed by atoms with Crippen molar-refractivity contribution in [1.29, 1.82) is 0 Å². The lowest BCUT2D eigenvalue weighted by Gasteiger charge is -2.31. The zero-order chi connectivity index (χ0) is 34.1. The smallest absolute Gasteiger partial charge is 0.243 e. The summed E-state index contributed by atoms with van der Waals surface area (Å²) in [6.45, 7) is 16.8. The van der Waals surface area contributed by atoms with Crippen LogP contribution in [0.1, 0.15) is 76.1 Å². The van der Waals surface area contributed by atoms with Gasteiger partial charge in [0.25, 0.3) is 0 Å². The maximum atomic E-state index is 13.6. The van der Waals surface area contributed by atoms with Gasteiger partial charge in [0.05, 0.1) is 32.0 Å². The number of carbonyl (C=O) groups excluding carboxylic acids is 2. The molecule has 9 heteroatoms. The van der Waals surface area contributed by atoms with Gasteiger partial charge in [-0.05, 0) is 61.4 Å². The zero-order valence-corrected chi connectivity index (χ0v) is 29.4. The van der Waals surface area contributed by atoms with Crippen LogP contribution in [0.25, 0.3) is 0 Å². The van der Waals surface area contributed by atoms with Gasteiger partial charge in [-0.3, -0.25) is 9.59 Å². The zero-order valence-electron chi connectivity index (χ0n) is 29.4. The maximum Gasteiger partial charge on any atom is 0.243 e. The fourth-order valence-electron chi connectivity index (χ4n) is 5.22. The molecule has 5 atom stereocenters. The lowest BCUT2D eigenvalue weighted by atomic mass is 9.86. The van der Waals surface area contributed by atoms with E-state index in [2.05, 4.69) is 16.0 Å². The standard InChI is InChI=1S/C37H59N3O6/c1-9-27(6)35(37(43)39-22-29-15-12-26(5)13-16-29)40-36(42)31(25(3)4)21-33(41)32(38-10-2)24-45-23-30-17-14-28(7)34(20-30)46-19-11-18-44-8/h12-17,20,25,27,31-33,35,38,41H,9-11,18-19,21-24H2,1-8H3,(H,39,43)(H,40,42)/t27-,31-,32-,33-,35-/m0/s1. The molecule has 4 N–H and O–H groups in total. The molecule has 0 fully saturated rings. The van der Waals surface area contributed by atoms with E-state index < -0.39 is 18.1 Å². The number of aryl methyl sites for hydroxylation is 2. The van der Waals surface area contributed by atoms with Crippen LogP contribution < -0.4 is 20.7 Å². The van der Waals surface area contributed by atoms with Gasteiger partial charge in [-0.1, -0.05) is 83.0 Å². The molecule has 46 heavy (non-hydrogen) atoms. The summed E-state index contributed by atoms with van der Waals surface area (Å²) < 4.78 is 17.1. The summed E-state index contributed by atoms with van der Waals surface area (Å²) in [6.07, 6.45) is 0.967. The summed E-state index contributed by atoms with van der Waals surface area (Å²) in [6, 6.07) is 13.0. The number of ether oxygens (including phenoxy) is 3. The summed E-state index contributed by atoms with van der Waals surface area (Å²) in [4.78, 5) is 26.9. The van der Waals surface area contributed by atoms with Gasteiger partial charge in [-0.15, -0.1) is 0 Å². The molecular formula is C37H59N3O6. The number of aliphatic hydroxyl groups is 1. The Morgan fingerprint density at radius 2 is 1.63 bits per heavy atom. The Hall–Kier alpha value is -2.98. The highest BCUT2D eigenvalue weighted by atomic mass is 16.5. The normalized spacial score (nSPS) is 14.7. The largest absolute Gasteiger partial charge is 0.493 e. The second-order valence-corrected chi connectivity index (χ2v) is 12.7. The molecule has 0 aliphatic carbocycles. The van der Waals surface area contributed by atoms with E-state index in [-0.39, 0.29) is 42.7 Å². The third kappa shape index (κ3) is 13.4. The van der Waals surface area contributed by atoms with Crippen LogP contribution in [0.15, 0.2) is 42.5 Å². The first-order valence-electron chi connectivity index (χ1n) is 16.8. The first kappa shape index (κ1) is 39.2. The fourth-order valence-corrected chi connectivity index (χ4v) is 5.22. The van der Waals surface area contributed by atoms with Gasteiger partial charge in [-0.25, -0.2) is 0 Å². The van der Waals surface area contributed by atoms with Crippen molar-refractivity contribution in [2.45, 2.75) is 99.1 Å². The monoisotopic (exact) mass is 641 g/mol. The van der Waals surface area contributed by atoms with E-state index in [0.717, 1.165) is 40.8 Å². The molecule has 9 nitrogen and oxygen atoms in total. The SMILES string of the molecule is CCN[C@@H](COCc1ccc(C)c(OCCCOC)c1)[C@@H](O)C[C@H](C(=O)N[C@H](C(=O)NCc1ccc(C)cc1)[C@@H](C)CC)C(C)C. The summed E-state index contributed by atoms with van der Waals surface area (Å²) in [7, 11) is 1.68. The molecule has 0 bridgehead atoms. The number of rotatable bonds is 22. The van der Waals surface area contributed by atoms with E-state index in [0.29, 0.717) is 32.9 Å². The van der Waals surface area contributed by atoms with Gasteiger partial charge in [-0.2, -0.15) is 0 Å². The Kier molecular flexibility index (Phi) is 17.9. The summed E-state index contributed by atoms with van der Waals surface area (Å²) in [5, 5.41) is 20.7. The number of carbonyl (C=O) groups is 2. The number of likely N-dealkylation sites (N-methyl/N-ethyl adjacent to an activating group) is 1. The summed E-state index contributed by atoms with van der Waals surface area (Å²) in [5.74, 6) is -0.182. The fraction of sp³-hybridized carbons (Fsp3) is 0.622. The minimum atomic E-state index is -0.826. The lowest BCUT2D eigenvalue weighted by molar-refractivity contribution is -0.134. The van der Waals surface area contributed by atoms with Crippen molar-refractivity contribution >= 4 is 11.8 Å². The Morgan fingerprint density at radius 1 is 0.935 bits per heavy atom. The molecule has 0 radical (unpaired) electrons. The molecule has 2 amide bonds. The Balaban J connectivity index is 2.01. The number of methoxy groups -OCH3 is 1. The molecule has 0 saturated heterocycles. The summed E-state index contributed by atoms with van der Waals surface area (Å²) in [5.41, 5.74) is 4.19. The number of aliphatic hydroxyl groups excluding tert-OH is 1. The molecule has 0 unspecified atom stereocenters. The van der Waals surface area contributed by atoms with Crippen LogP contribution >= 0.6 is 0 Å². The predicted molar refractivity (Wildman–Crippen MR) is 184 cm³/mol. The van der Waals surface area contributed by atoms with E-state index in [1.165, 1.54) is 0 Å². The molecule has 2 rings (SSSR count). The molecule has 2 aromatic carbocycles. The van der Waals surface area contributed by atoms with Gasteiger partial charge in [0.15, 0.2) is 0 Å². The highest BCUT2D eigenvalue weighted by Crippen LogP contribution is 2.23. The average molecular weight is 642 g/mol. The van der Waals surface area contributed by atoms with Crippen molar-refractivity contribution in [3.05, 3.63) is 64.7 Å². The molecule has 2 aromatic rings. The minimum absolute atomic E-state index is 0.0408. The molecule has 258 valence electrons. The molecule has 0 aliphatic rings. The topological polar surface area (TPSA) is 118 Å². The quantitative estimate of drug-likeness (QED) is 0.132. The number of benzene rings is 2. The number of nitrogens with one attached hydrogen (secondary N) is 3. The first-order chi connectivity index (χ1) is 22.0. The molecule has 0 aromatic heterocycles. The summed E-state index contributed by atoms with van der Waals surface area (Å²) >= 11 is 0. The van der Waals surface area contributed by atoms with Crippen molar-refractivity contribution in [3.8, 4) is 5.75 Å². The van der Waals surface area contributed by atoms with Crippen LogP contribution in [0.3, 0.4) is 0 Å². The highest BCUT2D eigenvalue weighted by molar-refractivity contribution is 5.88. The van der Waals surface area contributed by atoms with Gasteiger partial charge >= 0.3 is 0 Å². The van der Waals surface area contributed by atoms with Gasteiger partial charge < -0.3 is 35.3 Å². The second-order valence-electron chi connectivity index (χ2n) is 12.7. The van der Waals surface area contributed by atoms with Crippen LogP contribution in [0.2, 0.25) is 0 Å². The Morgan fingerprint density at radius 3 is 2.26 bits per heavy atom. The van der Waals surface area contributed by atoms with Crippen molar-refractivity contribution in [2.24, 2.45) is 17.8 Å². The molecular weight excluding hydrogens is 582 g/mol. The van der Waals surface area contributed by atoms with Crippen molar-refractivity contribution in [1.82, 2.24) is 16.0 Å². The Labute approximate surface area is 277 Å². The third-order valence-corrected chi connectivity index (χ3v) is 8.52. The third-order valence-electron chi connectivity index (χ3n) is 8.52. The van der Waals surface area contributed by atoms with Crippen LogP contribution in [-0.2, 0) is 32.2 Å². The van der Waals surface area contributed by atoms with Crippen molar-refractivity contribution < 1.29 is 28.9 Å². The van der Waals surface area contributed by atoms with Crippen LogP contribution in [0.5, 0.6) is 5.75 Å².